The van der Waals surface area contributed by atoms with Gasteiger partial charge in [0.05, 0.1) is 5.56 Å². The first-order valence-electron chi connectivity index (χ1n) is 9.36. The van der Waals surface area contributed by atoms with Crippen molar-refractivity contribution in [2.75, 3.05) is 26.2 Å². The first-order valence-corrected chi connectivity index (χ1v) is 9.36. The number of aryl methyl sites for hydroxylation is 1. The zero-order chi connectivity index (χ0) is 17.8. The predicted octanol–water partition coefficient (Wildman–Crippen LogP) is 3.98. The van der Waals surface area contributed by atoms with Crippen LogP contribution in [-0.4, -0.2) is 41.6 Å². The van der Waals surface area contributed by atoms with Crippen LogP contribution in [0.25, 0.3) is 5.69 Å². The third kappa shape index (κ3) is 4.30. The molecule has 3 rings (SSSR count). The van der Waals surface area contributed by atoms with Gasteiger partial charge in [-0.2, -0.15) is 0 Å². The molecule has 1 amide bonds. The van der Waals surface area contributed by atoms with Crippen LogP contribution >= 0.6 is 12.4 Å². The molecule has 0 unspecified atom stereocenters. The number of carbonyl (C=O) groups excluding carboxylic acids is 1. The molecule has 2 aromatic rings. The summed E-state index contributed by atoms with van der Waals surface area (Å²) in [6.45, 7) is 10.1. The number of piperidine rings is 1. The van der Waals surface area contributed by atoms with Crippen molar-refractivity contribution >= 4 is 18.3 Å². The second kappa shape index (κ2) is 9.24. The number of halogens is 1. The van der Waals surface area contributed by atoms with Crippen molar-refractivity contribution in [2.24, 2.45) is 5.92 Å². The molecule has 0 saturated carbocycles. The van der Waals surface area contributed by atoms with Gasteiger partial charge in [-0.15, -0.1) is 12.4 Å². The van der Waals surface area contributed by atoms with Crippen molar-refractivity contribution in [3.05, 3.63) is 53.3 Å². The van der Waals surface area contributed by atoms with Gasteiger partial charge in [-0.05, 0) is 63.9 Å². The molecule has 5 heteroatoms. The van der Waals surface area contributed by atoms with Gasteiger partial charge in [0.25, 0.3) is 5.91 Å². The van der Waals surface area contributed by atoms with Gasteiger partial charge in [0.15, 0.2) is 0 Å². The Kier molecular flexibility index (Phi) is 7.30. The summed E-state index contributed by atoms with van der Waals surface area (Å²) in [5, 5.41) is 3.43. The average molecular weight is 376 g/mol. The van der Waals surface area contributed by atoms with Crippen LogP contribution in [0.4, 0.5) is 0 Å². The highest BCUT2D eigenvalue weighted by molar-refractivity contribution is 5.96. The molecule has 0 bridgehead atoms. The lowest BCUT2D eigenvalue weighted by Gasteiger charge is -2.32. The Labute approximate surface area is 163 Å². The molecular weight excluding hydrogens is 346 g/mol. The van der Waals surface area contributed by atoms with Gasteiger partial charge in [-0.3, -0.25) is 4.79 Å². The number of likely N-dealkylation sites (tertiary alicyclic amines) is 1. The molecule has 1 fully saturated rings. The highest BCUT2D eigenvalue weighted by Gasteiger charge is 2.26. The van der Waals surface area contributed by atoms with Crippen LogP contribution in [0, 0.1) is 19.8 Å². The molecule has 1 N–H and O–H groups in total. The molecule has 1 aromatic carbocycles. The molecule has 142 valence electrons. The summed E-state index contributed by atoms with van der Waals surface area (Å²) in [7, 11) is 0. The van der Waals surface area contributed by atoms with Gasteiger partial charge in [0, 0.05) is 30.2 Å². The van der Waals surface area contributed by atoms with E-state index in [0.717, 1.165) is 61.7 Å². The normalized spacial score (nSPS) is 15.0. The van der Waals surface area contributed by atoms with Crippen molar-refractivity contribution in [3.8, 4) is 5.69 Å². The Balaban J connectivity index is 0.00000243. The number of amides is 1. The van der Waals surface area contributed by atoms with Gasteiger partial charge in [0.2, 0.25) is 0 Å². The monoisotopic (exact) mass is 375 g/mol. The number of nitrogens with one attached hydrogen (secondary N) is 1. The third-order valence-corrected chi connectivity index (χ3v) is 5.26. The molecule has 1 saturated heterocycles. The van der Waals surface area contributed by atoms with E-state index in [-0.39, 0.29) is 18.3 Å². The van der Waals surface area contributed by atoms with Gasteiger partial charge in [-0.1, -0.05) is 25.1 Å². The van der Waals surface area contributed by atoms with E-state index in [9.17, 15) is 4.79 Å². The van der Waals surface area contributed by atoms with E-state index in [1.807, 2.05) is 36.1 Å². The van der Waals surface area contributed by atoms with E-state index in [1.54, 1.807) is 0 Å². The Hall–Kier alpha value is -1.78. The molecule has 26 heavy (non-hydrogen) atoms. The summed E-state index contributed by atoms with van der Waals surface area (Å²) in [5.41, 5.74) is 4.09. The Bertz CT molecular complexity index is 718. The van der Waals surface area contributed by atoms with E-state index < -0.39 is 0 Å². The largest absolute Gasteiger partial charge is 0.339 e. The number of aromatic nitrogens is 1. The highest BCUT2D eigenvalue weighted by Crippen LogP contribution is 2.24. The number of nitrogens with zero attached hydrogens (tertiary/aromatic N) is 2. The number of para-hydroxylation sites is 1. The number of benzene rings is 1. The van der Waals surface area contributed by atoms with E-state index in [2.05, 4.69) is 35.9 Å². The topological polar surface area (TPSA) is 37.3 Å². The van der Waals surface area contributed by atoms with E-state index in [0.29, 0.717) is 5.92 Å². The molecule has 0 radical (unpaired) electrons. The van der Waals surface area contributed by atoms with E-state index >= 15 is 0 Å². The first kappa shape index (κ1) is 20.5. The lowest BCUT2D eigenvalue weighted by atomic mass is 9.96. The summed E-state index contributed by atoms with van der Waals surface area (Å²) in [6.07, 6.45) is 2.19. The zero-order valence-corrected chi connectivity index (χ0v) is 16.8. The van der Waals surface area contributed by atoms with Crippen molar-refractivity contribution < 1.29 is 4.79 Å². The minimum Gasteiger partial charge on any atom is -0.339 e. The molecular formula is C21H30ClN3O. The van der Waals surface area contributed by atoms with Crippen LogP contribution in [0.15, 0.2) is 36.4 Å². The van der Waals surface area contributed by atoms with Gasteiger partial charge in [0.1, 0.15) is 0 Å². The zero-order valence-electron chi connectivity index (χ0n) is 16.0. The van der Waals surface area contributed by atoms with Crippen molar-refractivity contribution in [1.82, 2.24) is 14.8 Å². The minimum absolute atomic E-state index is 0. The van der Waals surface area contributed by atoms with Crippen LogP contribution in [0.3, 0.4) is 0 Å². The smallest absolute Gasteiger partial charge is 0.255 e. The Morgan fingerprint density at radius 3 is 2.42 bits per heavy atom. The number of carbonyl (C=O) groups is 1. The fourth-order valence-electron chi connectivity index (χ4n) is 3.81. The number of hydrogen-bond acceptors (Lipinski definition) is 2. The second-order valence-corrected chi connectivity index (χ2v) is 7.00. The van der Waals surface area contributed by atoms with Crippen LogP contribution < -0.4 is 5.32 Å². The summed E-state index contributed by atoms with van der Waals surface area (Å²) in [6, 6.07) is 12.3. The van der Waals surface area contributed by atoms with Crippen molar-refractivity contribution in [3.63, 3.8) is 0 Å². The maximum Gasteiger partial charge on any atom is 0.255 e. The molecule has 0 atom stereocenters. The summed E-state index contributed by atoms with van der Waals surface area (Å²) < 4.78 is 2.17. The van der Waals surface area contributed by atoms with Crippen LogP contribution in [-0.2, 0) is 0 Å². The molecule has 0 aliphatic carbocycles. The quantitative estimate of drug-likeness (QED) is 0.858. The second-order valence-electron chi connectivity index (χ2n) is 7.00. The molecule has 1 aliphatic heterocycles. The van der Waals surface area contributed by atoms with Crippen molar-refractivity contribution in [2.45, 2.75) is 33.6 Å². The average Bonchev–Trinajstić information content (AvgIpc) is 2.95. The van der Waals surface area contributed by atoms with E-state index in [1.165, 1.54) is 0 Å². The first-order chi connectivity index (χ1) is 12.1. The number of rotatable bonds is 5. The summed E-state index contributed by atoms with van der Waals surface area (Å²) in [4.78, 5) is 15.1. The van der Waals surface area contributed by atoms with E-state index in [4.69, 9.17) is 0 Å². The van der Waals surface area contributed by atoms with Crippen LogP contribution in [0.1, 0.15) is 41.5 Å². The fraction of sp³-hybridized carbons (Fsp3) is 0.476. The van der Waals surface area contributed by atoms with Gasteiger partial charge < -0.3 is 14.8 Å². The molecule has 1 aromatic heterocycles. The number of hydrogen-bond donors (Lipinski definition) is 1. The fourth-order valence-corrected chi connectivity index (χ4v) is 3.81. The summed E-state index contributed by atoms with van der Waals surface area (Å²) >= 11 is 0. The van der Waals surface area contributed by atoms with Crippen molar-refractivity contribution in [1.29, 1.82) is 0 Å². The third-order valence-electron chi connectivity index (χ3n) is 5.26. The van der Waals surface area contributed by atoms with Gasteiger partial charge in [-0.25, -0.2) is 0 Å². The Morgan fingerprint density at radius 2 is 1.81 bits per heavy atom. The van der Waals surface area contributed by atoms with Crippen LogP contribution in [0.2, 0.25) is 0 Å². The molecule has 2 heterocycles. The maximum atomic E-state index is 13.0. The maximum absolute atomic E-state index is 13.0. The van der Waals surface area contributed by atoms with Crippen LogP contribution in [0.5, 0.6) is 0 Å². The molecule has 0 spiro atoms. The molecule has 1 aliphatic rings. The standard InChI is InChI=1S/C21H29N3O.ClH/c1-4-22-15-18-10-12-23(13-11-18)21(25)20-14-16(2)24(17(20)3)19-8-6-5-7-9-19;/h5-9,14,18,22H,4,10-13,15H2,1-3H3;1H. The predicted molar refractivity (Wildman–Crippen MR) is 110 cm³/mol. The SMILES string of the molecule is CCNCC1CCN(C(=O)c2cc(C)n(-c3ccccc3)c2C)CC1.Cl. The lowest BCUT2D eigenvalue weighted by Crippen LogP contribution is -2.40. The Morgan fingerprint density at radius 1 is 1.15 bits per heavy atom. The highest BCUT2D eigenvalue weighted by atomic mass is 35.5. The minimum atomic E-state index is 0. The lowest BCUT2D eigenvalue weighted by molar-refractivity contribution is 0.0689. The van der Waals surface area contributed by atoms with Gasteiger partial charge >= 0.3 is 0 Å². The summed E-state index contributed by atoms with van der Waals surface area (Å²) in [5.74, 6) is 0.873. The molecule has 4 nitrogen and oxygen atoms in total.